The molecule has 7 heteroatoms. The van der Waals surface area contributed by atoms with Crippen LogP contribution in [-0.2, 0) is 4.79 Å². The smallest absolute Gasteiger partial charge is 0.225 e. The number of likely N-dealkylation sites (N-methyl/N-ethyl adjacent to an activating group) is 1. The number of ether oxygens (including phenoxy) is 1. The van der Waals surface area contributed by atoms with E-state index in [1.54, 1.807) is 42.7 Å². The van der Waals surface area contributed by atoms with Gasteiger partial charge < -0.3 is 14.5 Å². The Balaban J connectivity index is 1.42. The molecular formula is C19H23FN4O2. The number of carbonyl (C=O) groups excluding carboxylic acids is 1. The van der Waals surface area contributed by atoms with E-state index in [1.807, 2.05) is 0 Å². The lowest BCUT2D eigenvalue weighted by molar-refractivity contribution is -0.135. The molecule has 0 N–H and O–H groups in total. The second kappa shape index (κ2) is 8.60. The summed E-state index contributed by atoms with van der Waals surface area (Å²) < 4.78 is 18.4. The molecule has 26 heavy (non-hydrogen) atoms. The molecule has 1 aliphatic heterocycles. The Labute approximate surface area is 152 Å². The van der Waals surface area contributed by atoms with Gasteiger partial charge in [0.1, 0.15) is 24.0 Å². The second-order valence-corrected chi connectivity index (χ2v) is 6.39. The van der Waals surface area contributed by atoms with Gasteiger partial charge in [-0.1, -0.05) is 0 Å². The van der Waals surface area contributed by atoms with Crippen molar-refractivity contribution < 1.29 is 13.9 Å². The molecule has 0 spiro atoms. The number of benzene rings is 1. The summed E-state index contributed by atoms with van der Waals surface area (Å²) in [6.45, 7) is 2.48. The van der Waals surface area contributed by atoms with E-state index in [9.17, 15) is 9.18 Å². The second-order valence-electron chi connectivity index (χ2n) is 6.39. The van der Waals surface area contributed by atoms with Crippen molar-refractivity contribution in [2.45, 2.75) is 12.8 Å². The minimum absolute atomic E-state index is 0.0266. The summed E-state index contributed by atoms with van der Waals surface area (Å²) in [6.07, 6.45) is 6.70. The first-order chi connectivity index (χ1) is 12.6. The summed E-state index contributed by atoms with van der Waals surface area (Å²) in [7, 11) is 1.80. The highest BCUT2D eigenvalue weighted by atomic mass is 19.1. The van der Waals surface area contributed by atoms with Crippen molar-refractivity contribution in [1.29, 1.82) is 0 Å². The molecule has 2 heterocycles. The number of hydrogen-bond acceptors (Lipinski definition) is 5. The predicted octanol–water partition coefficient (Wildman–Crippen LogP) is 2.37. The molecular weight excluding hydrogens is 335 g/mol. The van der Waals surface area contributed by atoms with Gasteiger partial charge in [0.15, 0.2) is 0 Å². The van der Waals surface area contributed by atoms with Gasteiger partial charge in [-0.2, -0.15) is 0 Å². The molecule has 1 amide bonds. The monoisotopic (exact) mass is 358 g/mol. The summed E-state index contributed by atoms with van der Waals surface area (Å²) in [5, 5.41) is 0. The Hall–Kier alpha value is -2.70. The zero-order valence-corrected chi connectivity index (χ0v) is 14.8. The molecule has 2 aromatic rings. The van der Waals surface area contributed by atoms with Gasteiger partial charge in [0.05, 0.1) is 12.7 Å². The van der Waals surface area contributed by atoms with Crippen molar-refractivity contribution in [3.63, 3.8) is 0 Å². The molecule has 1 aromatic carbocycles. The van der Waals surface area contributed by atoms with E-state index < -0.39 is 0 Å². The van der Waals surface area contributed by atoms with Crippen molar-refractivity contribution in [2.24, 2.45) is 5.92 Å². The van der Waals surface area contributed by atoms with E-state index >= 15 is 0 Å². The number of amides is 1. The van der Waals surface area contributed by atoms with Gasteiger partial charge in [-0.25, -0.2) is 9.37 Å². The minimum Gasteiger partial charge on any atom is -0.492 e. The maximum atomic E-state index is 12.9. The lowest BCUT2D eigenvalue weighted by Gasteiger charge is -2.33. The number of piperidine rings is 1. The first-order valence-electron chi connectivity index (χ1n) is 8.78. The fourth-order valence-corrected chi connectivity index (χ4v) is 3.06. The Morgan fingerprint density at radius 2 is 2.00 bits per heavy atom. The van der Waals surface area contributed by atoms with Crippen LogP contribution in [0, 0.1) is 11.7 Å². The van der Waals surface area contributed by atoms with Crippen LogP contribution in [0.15, 0.2) is 42.9 Å². The average molecular weight is 358 g/mol. The molecule has 1 saturated heterocycles. The Morgan fingerprint density at radius 1 is 1.27 bits per heavy atom. The lowest BCUT2D eigenvalue weighted by atomic mass is 9.95. The molecule has 1 aromatic heterocycles. The van der Waals surface area contributed by atoms with Crippen LogP contribution in [0.3, 0.4) is 0 Å². The fourth-order valence-electron chi connectivity index (χ4n) is 3.06. The molecule has 138 valence electrons. The van der Waals surface area contributed by atoms with E-state index in [0.29, 0.717) is 18.9 Å². The van der Waals surface area contributed by atoms with Gasteiger partial charge in [0, 0.05) is 38.4 Å². The Kier molecular flexibility index (Phi) is 5.99. The van der Waals surface area contributed by atoms with Gasteiger partial charge >= 0.3 is 0 Å². The van der Waals surface area contributed by atoms with E-state index in [1.165, 1.54) is 12.1 Å². The SMILES string of the molecule is CN(CCOc1ccc(F)cc1)C(=O)C1CCN(c2cnccn2)CC1. The number of anilines is 1. The zero-order chi connectivity index (χ0) is 18.4. The fraction of sp³-hybridized carbons (Fsp3) is 0.421. The molecule has 6 nitrogen and oxygen atoms in total. The van der Waals surface area contributed by atoms with Crippen molar-refractivity contribution in [3.05, 3.63) is 48.7 Å². The van der Waals surface area contributed by atoms with Crippen LogP contribution in [0.2, 0.25) is 0 Å². The molecule has 0 radical (unpaired) electrons. The molecule has 0 atom stereocenters. The summed E-state index contributed by atoms with van der Waals surface area (Å²) in [6, 6.07) is 5.88. The number of aromatic nitrogens is 2. The third kappa shape index (κ3) is 4.68. The van der Waals surface area contributed by atoms with Gasteiger partial charge in [-0.3, -0.25) is 9.78 Å². The Morgan fingerprint density at radius 3 is 2.65 bits per heavy atom. The normalized spacial score (nSPS) is 14.9. The molecule has 0 unspecified atom stereocenters. The standard InChI is InChI=1S/C19H23FN4O2/c1-23(12-13-26-17-4-2-16(20)3-5-17)19(25)15-6-10-24(11-7-15)18-14-21-8-9-22-18/h2-5,8-9,14-15H,6-7,10-13H2,1H3. The first kappa shape index (κ1) is 18.1. The van der Waals surface area contributed by atoms with Gasteiger partial charge in [-0.15, -0.1) is 0 Å². The minimum atomic E-state index is -0.294. The predicted molar refractivity (Wildman–Crippen MR) is 96.5 cm³/mol. The molecule has 3 rings (SSSR count). The zero-order valence-electron chi connectivity index (χ0n) is 14.8. The molecule has 0 bridgehead atoms. The van der Waals surface area contributed by atoms with Crippen molar-refractivity contribution in [2.75, 3.05) is 38.2 Å². The lowest BCUT2D eigenvalue weighted by Crippen LogP contribution is -2.42. The van der Waals surface area contributed by atoms with Crippen molar-refractivity contribution in [1.82, 2.24) is 14.9 Å². The summed E-state index contributed by atoms with van der Waals surface area (Å²) in [5.41, 5.74) is 0. The third-order valence-electron chi connectivity index (χ3n) is 4.60. The molecule has 0 aliphatic carbocycles. The largest absolute Gasteiger partial charge is 0.492 e. The molecule has 0 saturated carbocycles. The van der Waals surface area contributed by atoms with Gasteiger partial charge in [0.2, 0.25) is 5.91 Å². The van der Waals surface area contributed by atoms with Crippen LogP contribution in [0.25, 0.3) is 0 Å². The summed E-state index contributed by atoms with van der Waals surface area (Å²) in [4.78, 5) is 24.9. The quantitative estimate of drug-likeness (QED) is 0.793. The first-order valence-corrected chi connectivity index (χ1v) is 8.78. The van der Waals surface area contributed by atoms with Gasteiger partial charge in [0.25, 0.3) is 0 Å². The van der Waals surface area contributed by atoms with Crippen LogP contribution in [-0.4, -0.2) is 54.1 Å². The van der Waals surface area contributed by atoms with E-state index in [2.05, 4.69) is 14.9 Å². The topological polar surface area (TPSA) is 58.6 Å². The van der Waals surface area contributed by atoms with Crippen LogP contribution in [0.1, 0.15) is 12.8 Å². The van der Waals surface area contributed by atoms with Crippen molar-refractivity contribution >= 4 is 11.7 Å². The van der Waals surface area contributed by atoms with E-state index in [0.717, 1.165) is 31.7 Å². The number of nitrogens with zero attached hydrogens (tertiary/aromatic N) is 4. The molecule has 1 fully saturated rings. The number of carbonyl (C=O) groups is 1. The number of rotatable bonds is 6. The Bertz CT molecular complexity index is 703. The maximum absolute atomic E-state index is 12.9. The number of halogens is 1. The summed E-state index contributed by atoms with van der Waals surface area (Å²) in [5.74, 6) is 1.34. The van der Waals surface area contributed by atoms with Gasteiger partial charge in [-0.05, 0) is 37.1 Å². The third-order valence-corrected chi connectivity index (χ3v) is 4.60. The highest BCUT2D eigenvalue weighted by Gasteiger charge is 2.27. The molecule has 1 aliphatic rings. The summed E-state index contributed by atoms with van der Waals surface area (Å²) >= 11 is 0. The highest BCUT2D eigenvalue weighted by molar-refractivity contribution is 5.78. The van der Waals surface area contributed by atoms with E-state index in [-0.39, 0.29) is 17.6 Å². The van der Waals surface area contributed by atoms with Crippen LogP contribution < -0.4 is 9.64 Å². The van der Waals surface area contributed by atoms with Crippen LogP contribution >= 0.6 is 0 Å². The van der Waals surface area contributed by atoms with Crippen LogP contribution in [0.5, 0.6) is 5.75 Å². The average Bonchev–Trinajstić information content (AvgIpc) is 2.69. The van der Waals surface area contributed by atoms with E-state index in [4.69, 9.17) is 4.74 Å². The maximum Gasteiger partial charge on any atom is 0.225 e. The number of hydrogen-bond donors (Lipinski definition) is 0. The van der Waals surface area contributed by atoms with Crippen molar-refractivity contribution in [3.8, 4) is 5.75 Å². The van der Waals surface area contributed by atoms with Crippen LogP contribution in [0.4, 0.5) is 10.2 Å². The highest BCUT2D eigenvalue weighted by Crippen LogP contribution is 2.22.